The summed E-state index contributed by atoms with van der Waals surface area (Å²) in [5.41, 5.74) is 0.0248. The molecule has 1 saturated heterocycles. The first-order valence-corrected chi connectivity index (χ1v) is 10.6. The molecule has 4 atom stereocenters. The average Bonchev–Trinajstić information content (AvgIpc) is 3.39. The van der Waals surface area contributed by atoms with Crippen LogP contribution in [0.4, 0.5) is 5.82 Å². The third-order valence-corrected chi connectivity index (χ3v) is 5.56. The Morgan fingerprint density at radius 1 is 1.44 bits per heavy atom. The van der Waals surface area contributed by atoms with Crippen LogP contribution in [0.15, 0.2) is 36.7 Å². The highest BCUT2D eigenvalue weighted by Crippen LogP contribution is 2.38. The lowest BCUT2D eigenvalue weighted by molar-refractivity contribution is -0.157. The number of terminal acetylenes is 1. The highest BCUT2D eigenvalue weighted by Gasteiger charge is 2.48. The number of aldehydes is 1. The Morgan fingerprint density at radius 3 is 2.88 bits per heavy atom. The Morgan fingerprint density at radius 2 is 2.21 bits per heavy atom. The van der Waals surface area contributed by atoms with E-state index in [2.05, 4.69) is 26.2 Å². The third-order valence-electron chi connectivity index (χ3n) is 5.39. The number of aromatic nitrogens is 4. The van der Waals surface area contributed by atoms with Crippen molar-refractivity contribution in [2.45, 2.75) is 37.0 Å². The minimum absolute atomic E-state index is 0.0230. The fraction of sp³-hybridized carbons (Fsp3) is 0.318. The summed E-state index contributed by atoms with van der Waals surface area (Å²) in [5.74, 6) is 1.23. The summed E-state index contributed by atoms with van der Waals surface area (Å²) in [6.45, 7) is 0.0625. The lowest BCUT2D eigenvalue weighted by Crippen LogP contribution is -2.41. The maximum Gasteiger partial charge on any atom is 0.340 e. The number of carbonyl (C=O) groups excluding carboxylic acids is 1. The summed E-state index contributed by atoms with van der Waals surface area (Å²) in [6.07, 6.45) is 3.44. The second-order valence-electron chi connectivity index (χ2n) is 7.58. The largest absolute Gasteiger partial charge is 0.479 e. The smallest absolute Gasteiger partial charge is 0.340 e. The Balaban J connectivity index is 1.57. The number of anilines is 1. The maximum absolute atomic E-state index is 11.0. The zero-order valence-corrected chi connectivity index (χ0v) is 18.4. The molecule has 12 heteroatoms. The van der Waals surface area contributed by atoms with Crippen LogP contribution in [0, 0.1) is 12.3 Å². The van der Waals surface area contributed by atoms with Gasteiger partial charge in [0.25, 0.3) is 0 Å². The van der Waals surface area contributed by atoms with Gasteiger partial charge in [0.15, 0.2) is 28.9 Å². The number of aliphatic hydroxyl groups is 1. The molecular formula is C22H20ClN5O6. The number of benzene rings is 1. The molecule has 4 rings (SSSR count). The minimum atomic E-state index is -1.78. The van der Waals surface area contributed by atoms with Crippen molar-refractivity contribution in [2.24, 2.45) is 0 Å². The van der Waals surface area contributed by atoms with Crippen molar-refractivity contribution in [3.05, 3.63) is 47.5 Å². The van der Waals surface area contributed by atoms with Crippen LogP contribution < -0.4 is 5.32 Å². The first kappa shape index (κ1) is 23.6. The molecule has 1 unspecified atom stereocenters. The molecule has 0 aliphatic carbocycles. The van der Waals surface area contributed by atoms with Gasteiger partial charge in [-0.05, 0) is 17.2 Å². The van der Waals surface area contributed by atoms with E-state index in [9.17, 15) is 14.7 Å². The van der Waals surface area contributed by atoms with Gasteiger partial charge >= 0.3 is 5.97 Å². The summed E-state index contributed by atoms with van der Waals surface area (Å²) in [4.78, 5) is 34.8. The van der Waals surface area contributed by atoms with E-state index in [0.717, 1.165) is 5.56 Å². The van der Waals surface area contributed by atoms with Gasteiger partial charge in [0, 0.05) is 13.0 Å². The second kappa shape index (κ2) is 9.74. The SMILES string of the molecule is C#C[C@]1(O)C[C@H](n2cnc3c(NCc4ccccc4)nc(Cl)nc32)O[C@@H]1COC(C=O)C(=O)O. The molecule has 3 aromatic rings. The average molecular weight is 486 g/mol. The fourth-order valence-electron chi connectivity index (χ4n) is 3.61. The molecule has 3 heterocycles. The minimum Gasteiger partial charge on any atom is -0.479 e. The van der Waals surface area contributed by atoms with E-state index in [1.165, 1.54) is 6.33 Å². The number of ether oxygens (including phenoxy) is 2. The first-order valence-electron chi connectivity index (χ1n) is 10.2. The molecule has 2 aromatic heterocycles. The number of carbonyl (C=O) groups is 2. The Labute approximate surface area is 198 Å². The molecule has 0 bridgehead atoms. The number of rotatable bonds is 9. The Kier molecular flexibility index (Phi) is 6.76. The Hall–Kier alpha value is -3.56. The predicted molar refractivity (Wildman–Crippen MR) is 120 cm³/mol. The third kappa shape index (κ3) is 4.71. The molecular weight excluding hydrogens is 466 g/mol. The molecule has 11 nitrogen and oxygen atoms in total. The zero-order valence-electron chi connectivity index (χ0n) is 17.7. The van der Waals surface area contributed by atoms with Gasteiger partial charge in [-0.25, -0.2) is 9.78 Å². The highest BCUT2D eigenvalue weighted by atomic mass is 35.5. The van der Waals surface area contributed by atoms with Gasteiger partial charge in [-0.2, -0.15) is 9.97 Å². The van der Waals surface area contributed by atoms with Gasteiger partial charge in [0.1, 0.15) is 12.3 Å². The quantitative estimate of drug-likeness (QED) is 0.176. The van der Waals surface area contributed by atoms with E-state index < -0.39 is 36.6 Å². The first-order chi connectivity index (χ1) is 16.3. The number of hydrogen-bond acceptors (Lipinski definition) is 9. The number of aliphatic carboxylic acids is 1. The molecule has 0 saturated carbocycles. The van der Waals surface area contributed by atoms with Crippen LogP contribution in [0.5, 0.6) is 0 Å². The van der Waals surface area contributed by atoms with E-state index in [-0.39, 0.29) is 18.0 Å². The van der Waals surface area contributed by atoms with E-state index in [0.29, 0.717) is 23.5 Å². The molecule has 0 spiro atoms. The molecule has 34 heavy (non-hydrogen) atoms. The highest BCUT2D eigenvalue weighted by molar-refractivity contribution is 6.28. The second-order valence-corrected chi connectivity index (χ2v) is 7.92. The number of fused-ring (bicyclic) bond motifs is 1. The number of hydrogen-bond donors (Lipinski definition) is 3. The lowest BCUT2D eigenvalue weighted by atomic mass is 9.96. The van der Waals surface area contributed by atoms with Crippen molar-refractivity contribution >= 4 is 40.8 Å². The molecule has 0 amide bonds. The number of halogens is 1. The van der Waals surface area contributed by atoms with E-state index in [1.807, 2.05) is 30.3 Å². The topological polar surface area (TPSA) is 149 Å². The van der Waals surface area contributed by atoms with Crippen molar-refractivity contribution < 1.29 is 29.3 Å². The normalized spacial score (nSPS) is 22.9. The molecule has 0 radical (unpaired) electrons. The number of carboxylic acid groups (broad SMARTS) is 1. The van der Waals surface area contributed by atoms with Crippen molar-refractivity contribution in [1.82, 2.24) is 19.5 Å². The van der Waals surface area contributed by atoms with Crippen molar-refractivity contribution in [3.8, 4) is 12.3 Å². The number of imidazole rings is 1. The Bertz CT molecular complexity index is 1250. The van der Waals surface area contributed by atoms with Crippen molar-refractivity contribution in [2.75, 3.05) is 11.9 Å². The van der Waals surface area contributed by atoms with Crippen molar-refractivity contribution in [1.29, 1.82) is 0 Å². The molecule has 1 fully saturated rings. The predicted octanol–water partition coefficient (Wildman–Crippen LogP) is 1.41. The van der Waals surface area contributed by atoms with Gasteiger partial charge in [0.2, 0.25) is 11.4 Å². The van der Waals surface area contributed by atoms with Gasteiger partial charge in [0.05, 0.1) is 12.9 Å². The van der Waals surface area contributed by atoms with Crippen molar-refractivity contribution in [3.63, 3.8) is 0 Å². The van der Waals surface area contributed by atoms with Gasteiger partial charge in [-0.3, -0.25) is 9.36 Å². The van der Waals surface area contributed by atoms with Crippen LogP contribution in [0.1, 0.15) is 18.2 Å². The number of nitrogens with zero attached hydrogens (tertiary/aromatic N) is 4. The molecule has 176 valence electrons. The van der Waals surface area contributed by atoms with Gasteiger partial charge in [-0.1, -0.05) is 36.3 Å². The van der Waals surface area contributed by atoms with Crippen LogP contribution in [-0.4, -0.2) is 66.4 Å². The molecule has 1 aromatic carbocycles. The summed E-state index contributed by atoms with van der Waals surface area (Å²) < 4.78 is 12.5. The summed E-state index contributed by atoms with van der Waals surface area (Å²) in [5, 5.41) is 23.0. The fourth-order valence-corrected chi connectivity index (χ4v) is 3.77. The van der Waals surface area contributed by atoms with Crippen LogP contribution >= 0.6 is 11.6 Å². The van der Waals surface area contributed by atoms with Gasteiger partial charge < -0.3 is 25.0 Å². The van der Waals surface area contributed by atoms with Crippen LogP contribution in [-0.2, 0) is 25.6 Å². The monoisotopic (exact) mass is 485 g/mol. The molecule has 1 aliphatic heterocycles. The maximum atomic E-state index is 11.0. The lowest BCUT2D eigenvalue weighted by Gasteiger charge is -2.22. The van der Waals surface area contributed by atoms with Gasteiger partial charge in [-0.15, -0.1) is 6.42 Å². The van der Waals surface area contributed by atoms with Crippen LogP contribution in [0.2, 0.25) is 5.28 Å². The summed E-state index contributed by atoms with van der Waals surface area (Å²) >= 11 is 6.15. The summed E-state index contributed by atoms with van der Waals surface area (Å²) in [7, 11) is 0. The molecule has 1 aliphatic rings. The van der Waals surface area contributed by atoms with Crippen LogP contribution in [0.3, 0.4) is 0 Å². The van der Waals surface area contributed by atoms with Crippen LogP contribution in [0.25, 0.3) is 11.2 Å². The zero-order chi connectivity index (χ0) is 24.3. The van der Waals surface area contributed by atoms with E-state index in [1.54, 1.807) is 4.57 Å². The molecule has 3 N–H and O–H groups in total. The standard InChI is InChI=1S/C22H20ClN5O6/c1-2-22(32)8-16(34-15(22)11-33-14(10-29)20(30)31)28-12-25-17-18(26-21(23)27-19(17)28)24-9-13-6-4-3-5-7-13/h1,3-7,10,12,14-16,32H,8-9,11H2,(H,30,31)(H,24,26,27)/t14?,15-,16-,22+/m1/s1. The summed E-state index contributed by atoms with van der Waals surface area (Å²) in [6, 6.07) is 9.68. The van der Waals surface area contributed by atoms with E-state index >= 15 is 0 Å². The number of nitrogens with one attached hydrogen (secondary N) is 1. The van der Waals surface area contributed by atoms with E-state index in [4.69, 9.17) is 32.6 Å². The number of carboxylic acids is 1.